The second-order valence-electron chi connectivity index (χ2n) is 2.28. The standard InChI is InChI=1S/C7H11ClN4/c1-3-12(4-2)6-5-9-11-10-7(6)8/h5H,3-4H2,1-2H3. The predicted octanol–water partition coefficient (Wildman–Crippen LogP) is 1.37. The number of rotatable bonds is 3. The van der Waals surface area contributed by atoms with Crippen LogP contribution in [0.1, 0.15) is 13.8 Å². The molecule has 0 aromatic carbocycles. The Morgan fingerprint density at radius 1 is 1.42 bits per heavy atom. The largest absolute Gasteiger partial charge is 0.368 e. The van der Waals surface area contributed by atoms with Gasteiger partial charge in [-0.3, -0.25) is 0 Å². The smallest absolute Gasteiger partial charge is 0.178 e. The van der Waals surface area contributed by atoms with Crippen molar-refractivity contribution in [1.29, 1.82) is 0 Å². The van der Waals surface area contributed by atoms with Gasteiger partial charge in [-0.05, 0) is 19.1 Å². The Morgan fingerprint density at radius 2 is 2.08 bits per heavy atom. The van der Waals surface area contributed by atoms with Crippen LogP contribution in [-0.4, -0.2) is 28.5 Å². The maximum atomic E-state index is 5.82. The zero-order valence-corrected chi connectivity index (χ0v) is 7.91. The van der Waals surface area contributed by atoms with Crippen LogP contribution in [0.2, 0.25) is 5.15 Å². The van der Waals surface area contributed by atoms with Gasteiger partial charge in [0.25, 0.3) is 0 Å². The van der Waals surface area contributed by atoms with E-state index in [1.165, 1.54) is 0 Å². The van der Waals surface area contributed by atoms with E-state index in [1.807, 2.05) is 0 Å². The average molecular weight is 187 g/mol. The summed E-state index contributed by atoms with van der Waals surface area (Å²) in [7, 11) is 0. The molecule has 0 atom stereocenters. The number of anilines is 1. The Bertz CT molecular complexity index is 249. The van der Waals surface area contributed by atoms with Gasteiger partial charge >= 0.3 is 0 Å². The van der Waals surface area contributed by atoms with Crippen LogP contribution in [0.15, 0.2) is 6.20 Å². The molecule has 0 aliphatic carbocycles. The maximum absolute atomic E-state index is 5.82. The van der Waals surface area contributed by atoms with Crippen molar-refractivity contribution in [2.24, 2.45) is 0 Å². The Labute approximate surface area is 76.6 Å². The van der Waals surface area contributed by atoms with E-state index < -0.39 is 0 Å². The molecule has 4 nitrogen and oxygen atoms in total. The van der Waals surface area contributed by atoms with E-state index in [0.717, 1.165) is 18.8 Å². The van der Waals surface area contributed by atoms with Crippen LogP contribution >= 0.6 is 11.6 Å². The van der Waals surface area contributed by atoms with Crippen molar-refractivity contribution in [3.63, 3.8) is 0 Å². The molecule has 0 radical (unpaired) electrons. The first-order chi connectivity index (χ1) is 5.79. The van der Waals surface area contributed by atoms with Crippen LogP contribution in [0.4, 0.5) is 5.69 Å². The molecule has 0 saturated carbocycles. The molecule has 0 unspecified atom stereocenters. The van der Waals surface area contributed by atoms with Crippen LogP contribution in [0.3, 0.4) is 0 Å². The first kappa shape index (κ1) is 9.19. The average Bonchev–Trinajstić information content (AvgIpc) is 2.10. The molecule has 0 spiro atoms. The lowest BCUT2D eigenvalue weighted by molar-refractivity contribution is 0.814. The fraction of sp³-hybridized carbons (Fsp3) is 0.571. The molecule has 1 aromatic heterocycles. The summed E-state index contributed by atoms with van der Waals surface area (Å²) in [5, 5.41) is 11.2. The van der Waals surface area contributed by atoms with Crippen molar-refractivity contribution in [3.05, 3.63) is 11.3 Å². The summed E-state index contributed by atoms with van der Waals surface area (Å²) >= 11 is 5.82. The molecule has 0 saturated heterocycles. The second-order valence-corrected chi connectivity index (χ2v) is 2.64. The highest BCUT2D eigenvalue weighted by molar-refractivity contribution is 6.31. The second kappa shape index (κ2) is 4.21. The van der Waals surface area contributed by atoms with E-state index in [0.29, 0.717) is 5.15 Å². The van der Waals surface area contributed by atoms with E-state index in [4.69, 9.17) is 11.6 Å². The molecule has 12 heavy (non-hydrogen) atoms. The van der Waals surface area contributed by atoms with Gasteiger partial charge in [0.2, 0.25) is 0 Å². The van der Waals surface area contributed by atoms with Gasteiger partial charge in [-0.2, -0.15) is 0 Å². The highest BCUT2D eigenvalue weighted by Gasteiger charge is 2.07. The highest BCUT2D eigenvalue weighted by Crippen LogP contribution is 2.19. The fourth-order valence-electron chi connectivity index (χ4n) is 1.03. The fourth-order valence-corrected chi connectivity index (χ4v) is 1.23. The normalized spacial score (nSPS) is 9.92. The Balaban J connectivity index is 2.92. The molecular weight excluding hydrogens is 176 g/mol. The third-order valence-electron chi connectivity index (χ3n) is 1.68. The Kier molecular flexibility index (Phi) is 3.22. The number of halogens is 1. The lowest BCUT2D eigenvalue weighted by atomic mass is 10.4. The molecular formula is C7H11ClN4. The lowest BCUT2D eigenvalue weighted by Crippen LogP contribution is -2.22. The monoisotopic (exact) mass is 186 g/mol. The molecule has 0 bridgehead atoms. The third-order valence-corrected chi connectivity index (χ3v) is 1.95. The molecule has 0 aliphatic rings. The summed E-state index contributed by atoms with van der Waals surface area (Å²) < 4.78 is 0. The molecule has 0 fully saturated rings. The summed E-state index contributed by atoms with van der Waals surface area (Å²) in [6, 6.07) is 0. The molecule has 1 heterocycles. The van der Waals surface area contributed by atoms with Gasteiger partial charge in [0, 0.05) is 13.1 Å². The molecule has 0 N–H and O–H groups in total. The summed E-state index contributed by atoms with van der Waals surface area (Å²) in [4.78, 5) is 2.07. The van der Waals surface area contributed by atoms with Gasteiger partial charge in [0.1, 0.15) is 0 Å². The van der Waals surface area contributed by atoms with Crippen LogP contribution in [0.5, 0.6) is 0 Å². The van der Waals surface area contributed by atoms with Crippen molar-refractivity contribution < 1.29 is 0 Å². The van der Waals surface area contributed by atoms with Crippen molar-refractivity contribution in [2.75, 3.05) is 18.0 Å². The number of hydrogen-bond acceptors (Lipinski definition) is 4. The molecule has 0 aliphatic heterocycles. The molecule has 1 aromatic rings. The summed E-state index contributed by atoms with van der Waals surface area (Å²) in [6.07, 6.45) is 1.63. The van der Waals surface area contributed by atoms with Crippen LogP contribution in [-0.2, 0) is 0 Å². The van der Waals surface area contributed by atoms with E-state index in [9.17, 15) is 0 Å². The molecule has 1 rings (SSSR count). The molecule has 66 valence electrons. The third kappa shape index (κ3) is 1.82. The molecule has 5 heteroatoms. The van der Waals surface area contributed by atoms with Gasteiger partial charge < -0.3 is 4.90 Å². The molecule has 0 amide bonds. The minimum atomic E-state index is 0.411. The number of aromatic nitrogens is 3. The maximum Gasteiger partial charge on any atom is 0.178 e. The van der Waals surface area contributed by atoms with Crippen LogP contribution < -0.4 is 4.90 Å². The van der Waals surface area contributed by atoms with E-state index in [-0.39, 0.29) is 0 Å². The zero-order chi connectivity index (χ0) is 8.97. The topological polar surface area (TPSA) is 41.9 Å². The number of hydrogen-bond donors (Lipinski definition) is 0. The van der Waals surface area contributed by atoms with Gasteiger partial charge in [0.05, 0.1) is 11.9 Å². The van der Waals surface area contributed by atoms with Gasteiger partial charge in [-0.15, -0.1) is 10.2 Å². The van der Waals surface area contributed by atoms with Crippen LogP contribution in [0, 0.1) is 0 Å². The van der Waals surface area contributed by atoms with E-state index >= 15 is 0 Å². The van der Waals surface area contributed by atoms with Crippen molar-refractivity contribution in [1.82, 2.24) is 15.4 Å². The predicted molar refractivity (Wildman–Crippen MR) is 48.4 cm³/mol. The van der Waals surface area contributed by atoms with E-state index in [1.54, 1.807) is 6.20 Å². The summed E-state index contributed by atoms with van der Waals surface area (Å²) in [5.74, 6) is 0. The minimum Gasteiger partial charge on any atom is -0.368 e. The minimum absolute atomic E-state index is 0.411. The first-order valence-corrected chi connectivity index (χ1v) is 4.26. The SMILES string of the molecule is CCN(CC)c1cnnnc1Cl. The zero-order valence-electron chi connectivity index (χ0n) is 7.16. The summed E-state index contributed by atoms with van der Waals surface area (Å²) in [5.41, 5.74) is 0.844. The first-order valence-electron chi connectivity index (χ1n) is 3.88. The summed E-state index contributed by atoms with van der Waals surface area (Å²) in [6.45, 7) is 5.90. The quantitative estimate of drug-likeness (QED) is 0.715. The van der Waals surface area contributed by atoms with Crippen LogP contribution in [0.25, 0.3) is 0 Å². The van der Waals surface area contributed by atoms with Crippen molar-refractivity contribution in [3.8, 4) is 0 Å². The van der Waals surface area contributed by atoms with E-state index in [2.05, 4.69) is 34.2 Å². The Hall–Kier alpha value is -0.900. The lowest BCUT2D eigenvalue weighted by Gasteiger charge is -2.19. The number of nitrogens with zero attached hydrogens (tertiary/aromatic N) is 4. The van der Waals surface area contributed by atoms with Gasteiger partial charge in [0.15, 0.2) is 5.15 Å². The highest BCUT2D eigenvalue weighted by atomic mass is 35.5. The van der Waals surface area contributed by atoms with Crippen molar-refractivity contribution >= 4 is 17.3 Å². The van der Waals surface area contributed by atoms with Gasteiger partial charge in [-0.25, -0.2) is 0 Å². The van der Waals surface area contributed by atoms with Crippen molar-refractivity contribution in [2.45, 2.75) is 13.8 Å². The van der Waals surface area contributed by atoms with Gasteiger partial charge in [-0.1, -0.05) is 11.6 Å². The Morgan fingerprint density at radius 3 is 2.58 bits per heavy atom.